The van der Waals surface area contributed by atoms with Gasteiger partial charge in [0, 0.05) is 44.1 Å². The summed E-state index contributed by atoms with van der Waals surface area (Å²) in [5.74, 6) is 1.06. The van der Waals surface area contributed by atoms with Crippen LogP contribution in [0.25, 0.3) is 0 Å². The molecule has 6 nitrogen and oxygen atoms in total. The van der Waals surface area contributed by atoms with Gasteiger partial charge in [0.05, 0.1) is 5.54 Å². The Morgan fingerprint density at radius 3 is 2.50 bits per heavy atom. The van der Waals surface area contributed by atoms with E-state index in [0.717, 1.165) is 69.2 Å². The molecule has 2 heterocycles. The lowest BCUT2D eigenvalue weighted by Gasteiger charge is -2.40. The highest BCUT2D eigenvalue weighted by Crippen LogP contribution is 2.28. The molecule has 2 fully saturated rings. The fourth-order valence-corrected chi connectivity index (χ4v) is 4.13. The number of carbonyl (C=O) groups is 1. The highest BCUT2D eigenvalue weighted by Gasteiger charge is 2.39. The number of hydrogen-bond donors (Lipinski definition) is 1. The predicted octanol–water partition coefficient (Wildman–Crippen LogP) is 1.41. The Bertz CT molecular complexity index is 518. The minimum atomic E-state index is -0.613. The van der Waals surface area contributed by atoms with Gasteiger partial charge in [-0.25, -0.2) is 4.98 Å². The summed E-state index contributed by atoms with van der Waals surface area (Å²) in [7, 11) is 0. The maximum absolute atomic E-state index is 12.7. The first-order chi connectivity index (χ1) is 10.6. The van der Waals surface area contributed by atoms with Crippen molar-refractivity contribution < 1.29 is 4.79 Å². The van der Waals surface area contributed by atoms with Crippen LogP contribution in [0.15, 0.2) is 0 Å². The molecule has 0 radical (unpaired) electrons. The van der Waals surface area contributed by atoms with E-state index in [4.69, 9.17) is 5.73 Å². The van der Waals surface area contributed by atoms with Gasteiger partial charge in [-0.3, -0.25) is 4.79 Å². The maximum Gasteiger partial charge on any atom is 0.242 e. The molecular formula is C15H25N5OS. The normalized spacial score (nSPS) is 21.9. The van der Waals surface area contributed by atoms with Crippen LogP contribution in [0.2, 0.25) is 0 Å². The lowest BCUT2D eigenvalue weighted by Crippen LogP contribution is -2.60. The van der Waals surface area contributed by atoms with Crippen molar-refractivity contribution in [2.75, 3.05) is 31.1 Å². The summed E-state index contributed by atoms with van der Waals surface area (Å²) >= 11 is 1.45. The van der Waals surface area contributed by atoms with Gasteiger partial charge in [-0.15, -0.1) is 0 Å². The highest BCUT2D eigenvalue weighted by atomic mass is 32.1. The van der Waals surface area contributed by atoms with Crippen LogP contribution < -0.4 is 10.6 Å². The van der Waals surface area contributed by atoms with Crippen molar-refractivity contribution in [3.8, 4) is 0 Å². The summed E-state index contributed by atoms with van der Waals surface area (Å²) in [6, 6.07) is 0. The predicted molar refractivity (Wildman–Crippen MR) is 88.1 cm³/mol. The zero-order chi connectivity index (χ0) is 15.6. The quantitative estimate of drug-likeness (QED) is 0.910. The molecule has 1 saturated heterocycles. The minimum Gasteiger partial charge on any atom is -0.343 e. The summed E-state index contributed by atoms with van der Waals surface area (Å²) in [4.78, 5) is 21.4. The summed E-state index contributed by atoms with van der Waals surface area (Å²) in [5.41, 5.74) is 5.76. The van der Waals surface area contributed by atoms with Crippen LogP contribution in [0, 0.1) is 0 Å². The molecule has 0 bridgehead atoms. The van der Waals surface area contributed by atoms with E-state index in [1.807, 2.05) is 4.90 Å². The number of rotatable bonds is 3. The molecule has 0 spiro atoms. The Balaban J connectivity index is 1.58. The lowest BCUT2D eigenvalue weighted by molar-refractivity contribution is -0.138. The van der Waals surface area contributed by atoms with E-state index in [-0.39, 0.29) is 5.91 Å². The zero-order valence-electron chi connectivity index (χ0n) is 13.3. The van der Waals surface area contributed by atoms with Crippen LogP contribution >= 0.6 is 11.5 Å². The largest absolute Gasteiger partial charge is 0.343 e. The van der Waals surface area contributed by atoms with Gasteiger partial charge in [-0.05, 0) is 12.8 Å². The average Bonchev–Trinajstić information content (AvgIpc) is 3.04. The summed E-state index contributed by atoms with van der Waals surface area (Å²) in [6.07, 6.45) is 5.89. The van der Waals surface area contributed by atoms with Gasteiger partial charge in [-0.1, -0.05) is 26.2 Å². The molecule has 3 rings (SSSR count). The molecule has 1 aliphatic heterocycles. The SMILES string of the molecule is CCc1nsc(N2CCN(C(=O)C3(N)CCCCC3)CC2)n1. The van der Waals surface area contributed by atoms with E-state index < -0.39 is 5.54 Å². The van der Waals surface area contributed by atoms with Crippen LogP contribution in [0.3, 0.4) is 0 Å². The third-order valence-electron chi connectivity index (χ3n) is 4.78. The fraction of sp³-hybridized carbons (Fsp3) is 0.800. The van der Waals surface area contributed by atoms with E-state index in [9.17, 15) is 4.79 Å². The second kappa shape index (κ2) is 6.50. The molecule has 22 heavy (non-hydrogen) atoms. The second-order valence-electron chi connectivity index (χ2n) is 6.34. The van der Waals surface area contributed by atoms with Crippen LogP contribution in [-0.2, 0) is 11.2 Å². The average molecular weight is 323 g/mol. The van der Waals surface area contributed by atoms with E-state index >= 15 is 0 Å². The zero-order valence-corrected chi connectivity index (χ0v) is 14.1. The first-order valence-corrected chi connectivity index (χ1v) is 9.05. The second-order valence-corrected chi connectivity index (χ2v) is 7.07. The van der Waals surface area contributed by atoms with Gasteiger partial charge in [0.2, 0.25) is 11.0 Å². The van der Waals surface area contributed by atoms with Crippen LogP contribution in [-0.4, -0.2) is 51.9 Å². The smallest absolute Gasteiger partial charge is 0.242 e. The summed E-state index contributed by atoms with van der Waals surface area (Å²) in [6.45, 7) is 5.17. The first kappa shape index (κ1) is 15.7. The molecule has 0 aromatic carbocycles. The molecule has 0 atom stereocenters. The van der Waals surface area contributed by atoms with Crippen molar-refractivity contribution >= 4 is 22.6 Å². The highest BCUT2D eigenvalue weighted by molar-refractivity contribution is 7.09. The van der Waals surface area contributed by atoms with Crippen LogP contribution in [0.4, 0.5) is 5.13 Å². The lowest BCUT2D eigenvalue weighted by atomic mass is 9.81. The monoisotopic (exact) mass is 323 g/mol. The van der Waals surface area contributed by atoms with E-state index in [2.05, 4.69) is 21.2 Å². The van der Waals surface area contributed by atoms with Crippen molar-refractivity contribution in [2.45, 2.75) is 51.0 Å². The molecular weight excluding hydrogens is 298 g/mol. The van der Waals surface area contributed by atoms with Gasteiger partial charge >= 0.3 is 0 Å². The van der Waals surface area contributed by atoms with Crippen molar-refractivity contribution in [1.82, 2.24) is 14.3 Å². The Morgan fingerprint density at radius 2 is 1.91 bits per heavy atom. The van der Waals surface area contributed by atoms with Crippen LogP contribution in [0.5, 0.6) is 0 Å². The molecule has 2 N–H and O–H groups in total. The Kier molecular flexibility index (Phi) is 4.63. The number of nitrogens with zero attached hydrogens (tertiary/aromatic N) is 4. The molecule has 0 unspecified atom stereocenters. The van der Waals surface area contributed by atoms with Gasteiger partial charge < -0.3 is 15.5 Å². The molecule has 1 amide bonds. The number of nitrogens with two attached hydrogens (primary N) is 1. The van der Waals surface area contributed by atoms with Crippen molar-refractivity contribution in [3.05, 3.63) is 5.82 Å². The van der Waals surface area contributed by atoms with Gasteiger partial charge in [0.1, 0.15) is 5.82 Å². The van der Waals surface area contributed by atoms with Gasteiger partial charge in [0.25, 0.3) is 0 Å². The number of hydrogen-bond acceptors (Lipinski definition) is 6. The third-order valence-corrected chi connectivity index (χ3v) is 5.60. The van der Waals surface area contributed by atoms with E-state index in [1.54, 1.807) is 0 Å². The fourth-order valence-electron chi connectivity index (χ4n) is 3.33. The molecule has 1 aromatic rings. The molecule has 1 saturated carbocycles. The van der Waals surface area contributed by atoms with Crippen molar-refractivity contribution in [3.63, 3.8) is 0 Å². The Labute approximate surface area is 135 Å². The topological polar surface area (TPSA) is 75.4 Å². The number of aryl methyl sites for hydroxylation is 1. The third kappa shape index (κ3) is 3.10. The molecule has 1 aromatic heterocycles. The van der Waals surface area contributed by atoms with Gasteiger partial charge in [0.15, 0.2) is 0 Å². The number of amides is 1. The first-order valence-electron chi connectivity index (χ1n) is 8.28. The Morgan fingerprint density at radius 1 is 1.23 bits per heavy atom. The number of carbonyl (C=O) groups excluding carboxylic acids is 1. The molecule has 1 aliphatic carbocycles. The number of anilines is 1. The molecule has 2 aliphatic rings. The van der Waals surface area contributed by atoms with Crippen molar-refractivity contribution in [2.24, 2.45) is 5.73 Å². The summed E-state index contributed by atoms with van der Waals surface area (Å²) < 4.78 is 4.34. The van der Waals surface area contributed by atoms with E-state index in [1.165, 1.54) is 18.0 Å². The molecule has 122 valence electrons. The Hall–Kier alpha value is -1.21. The summed E-state index contributed by atoms with van der Waals surface area (Å²) in [5, 5.41) is 0.976. The van der Waals surface area contributed by atoms with E-state index in [0.29, 0.717) is 0 Å². The number of piperazine rings is 1. The van der Waals surface area contributed by atoms with Crippen LogP contribution in [0.1, 0.15) is 44.9 Å². The molecule has 7 heteroatoms. The van der Waals surface area contributed by atoms with Crippen molar-refractivity contribution in [1.29, 1.82) is 0 Å². The minimum absolute atomic E-state index is 0.151. The number of aromatic nitrogens is 2. The standard InChI is InChI=1S/C15H25N5OS/c1-2-12-17-14(22-18-12)20-10-8-19(9-11-20)13(21)15(16)6-4-3-5-7-15/h2-11,16H2,1H3. The van der Waals surface area contributed by atoms with Gasteiger partial charge in [-0.2, -0.15) is 4.37 Å². The maximum atomic E-state index is 12.7.